The van der Waals surface area contributed by atoms with E-state index in [-0.39, 0.29) is 5.75 Å². The molecular weight excluding hydrogens is 186 g/mol. The molecule has 3 aromatic rings. The minimum Gasteiger partial charge on any atom is -0.507 e. The van der Waals surface area contributed by atoms with Crippen LogP contribution in [-0.4, -0.2) is 10.1 Å². The molecule has 1 aromatic heterocycles. The van der Waals surface area contributed by atoms with E-state index >= 15 is 0 Å². The van der Waals surface area contributed by atoms with E-state index in [0.29, 0.717) is 0 Å². The van der Waals surface area contributed by atoms with Gasteiger partial charge in [0.1, 0.15) is 5.75 Å². The normalized spacial score (nSPS) is 10.9. The van der Waals surface area contributed by atoms with Crippen LogP contribution in [0.15, 0.2) is 48.7 Å². The van der Waals surface area contributed by atoms with Crippen LogP contribution in [-0.2, 0) is 0 Å². The molecule has 0 radical (unpaired) electrons. The Balaban J connectivity index is 2.64. The first-order valence-corrected chi connectivity index (χ1v) is 4.82. The summed E-state index contributed by atoms with van der Waals surface area (Å²) in [6.45, 7) is 0. The number of hydrogen-bond acceptors (Lipinski definition) is 2. The van der Waals surface area contributed by atoms with Crippen molar-refractivity contribution >= 4 is 21.7 Å². The van der Waals surface area contributed by atoms with Gasteiger partial charge in [0.15, 0.2) is 0 Å². The lowest BCUT2D eigenvalue weighted by Crippen LogP contribution is -1.81. The molecule has 0 atom stereocenters. The monoisotopic (exact) mass is 195 g/mol. The van der Waals surface area contributed by atoms with Gasteiger partial charge in [-0.25, -0.2) is 0 Å². The first kappa shape index (κ1) is 8.24. The van der Waals surface area contributed by atoms with Crippen LogP contribution in [0.3, 0.4) is 0 Å². The van der Waals surface area contributed by atoms with E-state index in [2.05, 4.69) is 4.98 Å². The molecule has 1 N–H and O–H groups in total. The van der Waals surface area contributed by atoms with Crippen LogP contribution in [0.5, 0.6) is 5.75 Å². The van der Waals surface area contributed by atoms with Gasteiger partial charge >= 0.3 is 0 Å². The third-order valence-electron chi connectivity index (χ3n) is 2.59. The SMILES string of the molecule is Oc1cccc2ccc3cccnc3c12. The van der Waals surface area contributed by atoms with E-state index in [1.807, 2.05) is 36.4 Å². The van der Waals surface area contributed by atoms with E-state index in [1.54, 1.807) is 12.3 Å². The maximum Gasteiger partial charge on any atom is 0.125 e. The predicted octanol–water partition coefficient (Wildman–Crippen LogP) is 3.09. The van der Waals surface area contributed by atoms with Crippen molar-refractivity contribution in [3.63, 3.8) is 0 Å². The summed E-state index contributed by atoms with van der Waals surface area (Å²) in [6, 6.07) is 13.4. The first-order chi connectivity index (χ1) is 7.36. The average Bonchev–Trinajstić information content (AvgIpc) is 2.29. The molecule has 0 fully saturated rings. The fourth-order valence-electron chi connectivity index (χ4n) is 1.90. The molecule has 0 aliphatic heterocycles. The zero-order valence-electron chi connectivity index (χ0n) is 8.01. The zero-order valence-corrected chi connectivity index (χ0v) is 8.01. The smallest absolute Gasteiger partial charge is 0.125 e. The van der Waals surface area contributed by atoms with Crippen LogP contribution >= 0.6 is 0 Å². The first-order valence-electron chi connectivity index (χ1n) is 4.82. The Bertz CT molecular complexity index is 646. The fourth-order valence-corrected chi connectivity index (χ4v) is 1.90. The molecule has 0 aliphatic carbocycles. The van der Waals surface area contributed by atoms with Gasteiger partial charge in [0.2, 0.25) is 0 Å². The van der Waals surface area contributed by atoms with Crippen LogP contribution < -0.4 is 0 Å². The second-order valence-corrected chi connectivity index (χ2v) is 3.52. The van der Waals surface area contributed by atoms with Gasteiger partial charge in [-0.3, -0.25) is 4.98 Å². The van der Waals surface area contributed by atoms with Crippen molar-refractivity contribution in [1.82, 2.24) is 4.98 Å². The molecule has 0 unspecified atom stereocenters. The van der Waals surface area contributed by atoms with E-state index in [1.165, 1.54) is 0 Å². The van der Waals surface area contributed by atoms with Gasteiger partial charge in [-0.15, -0.1) is 0 Å². The van der Waals surface area contributed by atoms with Crippen molar-refractivity contribution in [3.8, 4) is 5.75 Å². The van der Waals surface area contributed by atoms with Crippen LogP contribution in [0.1, 0.15) is 0 Å². The van der Waals surface area contributed by atoms with Crippen molar-refractivity contribution in [2.45, 2.75) is 0 Å². The largest absolute Gasteiger partial charge is 0.507 e. The van der Waals surface area contributed by atoms with E-state index in [4.69, 9.17) is 0 Å². The van der Waals surface area contributed by atoms with Gasteiger partial charge in [0.05, 0.1) is 5.52 Å². The Kier molecular flexibility index (Phi) is 1.62. The third kappa shape index (κ3) is 1.15. The van der Waals surface area contributed by atoms with Gasteiger partial charge < -0.3 is 5.11 Å². The van der Waals surface area contributed by atoms with Gasteiger partial charge in [-0.05, 0) is 17.5 Å². The standard InChI is InChI=1S/C13H9NO/c15-11-5-1-3-9-6-7-10-4-2-8-14-13(10)12(9)11/h1-8,15H. The summed E-state index contributed by atoms with van der Waals surface area (Å²) >= 11 is 0. The number of hydrogen-bond donors (Lipinski definition) is 1. The van der Waals surface area contributed by atoms with Crippen LogP contribution in [0.4, 0.5) is 0 Å². The zero-order chi connectivity index (χ0) is 10.3. The Morgan fingerprint density at radius 1 is 0.867 bits per heavy atom. The highest BCUT2D eigenvalue weighted by Gasteiger charge is 2.04. The summed E-state index contributed by atoms with van der Waals surface area (Å²) in [4.78, 5) is 4.31. The van der Waals surface area contributed by atoms with Gasteiger partial charge in [-0.2, -0.15) is 0 Å². The molecule has 2 heteroatoms. The van der Waals surface area contributed by atoms with E-state index < -0.39 is 0 Å². The molecule has 3 rings (SSSR count). The Hall–Kier alpha value is -2.09. The average molecular weight is 195 g/mol. The summed E-state index contributed by atoms with van der Waals surface area (Å²) in [5.74, 6) is 0.289. The van der Waals surface area contributed by atoms with Crippen molar-refractivity contribution in [2.75, 3.05) is 0 Å². The Morgan fingerprint density at radius 2 is 1.67 bits per heavy atom. The Morgan fingerprint density at radius 3 is 2.60 bits per heavy atom. The molecule has 0 bridgehead atoms. The van der Waals surface area contributed by atoms with Crippen molar-refractivity contribution in [3.05, 3.63) is 48.7 Å². The topological polar surface area (TPSA) is 33.1 Å². The van der Waals surface area contributed by atoms with Crippen LogP contribution in [0.25, 0.3) is 21.7 Å². The fraction of sp³-hybridized carbons (Fsp3) is 0. The number of fused-ring (bicyclic) bond motifs is 3. The number of nitrogens with zero attached hydrogens (tertiary/aromatic N) is 1. The summed E-state index contributed by atoms with van der Waals surface area (Å²) in [6.07, 6.45) is 1.74. The molecule has 72 valence electrons. The molecule has 0 saturated carbocycles. The highest BCUT2D eigenvalue weighted by atomic mass is 16.3. The molecule has 1 heterocycles. The Labute approximate surface area is 86.8 Å². The number of benzene rings is 2. The molecule has 0 aliphatic rings. The van der Waals surface area contributed by atoms with E-state index in [0.717, 1.165) is 21.7 Å². The molecule has 2 nitrogen and oxygen atoms in total. The maximum absolute atomic E-state index is 9.83. The lowest BCUT2D eigenvalue weighted by atomic mass is 10.1. The van der Waals surface area contributed by atoms with E-state index in [9.17, 15) is 5.11 Å². The minimum atomic E-state index is 0.289. The maximum atomic E-state index is 9.83. The van der Waals surface area contributed by atoms with Gasteiger partial charge in [0.25, 0.3) is 0 Å². The van der Waals surface area contributed by atoms with Crippen LogP contribution in [0.2, 0.25) is 0 Å². The quantitative estimate of drug-likeness (QED) is 0.559. The van der Waals surface area contributed by atoms with Crippen LogP contribution in [0, 0.1) is 0 Å². The number of rotatable bonds is 0. The molecule has 0 saturated heterocycles. The number of aromatic nitrogens is 1. The summed E-state index contributed by atoms with van der Waals surface area (Å²) in [5.41, 5.74) is 0.855. The molecular formula is C13H9NO. The lowest BCUT2D eigenvalue weighted by molar-refractivity contribution is 0.482. The highest BCUT2D eigenvalue weighted by Crippen LogP contribution is 2.30. The predicted molar refractivity (Wildman–Crippen MR) is 60.9 cm³/mol. The summed E-state index contributed by atoms with van der Waals surface area (Å²) < 4.78 is 0. The molecule has 2 aromatic carbocycles. The minimum absolute atomic E-state index is 0.289. The lowest BCUT2D eigenvalue weighted by Gasteiger charge is -2.04. The summed E-state index contributed by atoms with van der Waals surface area (Å²) in [5, 5.41) is 12.7. The molecule has 15 heavy (non-hydrogen) atoms. The molecule has 0 amide bonds. The number of phenols is 1. The summed E-state index contributed by atoms with van der Waals surface area (Å²) in [7, 11) is 0. The second kappa shape index (κ2) is 2.95. The van der Waals surface area contributed by atoms with Crippen molar-refractivity contribution in [1.29, 1.82) is 0 Å². The van der Waals surface area contributed by atoms with Crippen molar-refractivity contribution in [2.24, 2.45) is 0 Å². The second-order valence-electron chi connectivity index (χ2n) is 3.52. The highest BCUT2D eigenvalue weighted by molar-refractivity contribution is 6.08. The van der Waals surface area contributed by atoms with Gasteiger partial charge in [0, 0.05) is 17.0 Å². The number of pyridine rings is 1. The number of aromatic hydroxyl groups is 1. The van der Waals surface area contributed by atoms with Gasteiger partial charge in [-0.1, -0.05) is 30.3 Å². The van der Waals surface area contributed by atoms with Crippen molar-refractivity contribution < 1.29 is 5.11 Å². The number of phenolic OH excluding ortho intramolecular Hbond substituents is 1. The molecule has 0 spiro atoms. The third-order valence-corrected chi connectivity index (χ3v) is 2.59.